The van der Waals surface area contributed by atoms with Crippen LogP contribution in [0.5, 0.6) is 0 Å². The van der Waals surface area contributed by atoms with E-state index in [1.807, 2.05) is 13.0 Å². The molecule has 0 bridgehead atoms. The smallest absolute Gasteiger partial charge is 0.310 e. The summed E-state index contributed by atoms with van der Waals surface area (Å²) in [5, 5.41) is 0. The van der Waals surface area contributed by atoms with Crippen LogP contribution in [0.3, 0.4) is 0 Å². The van der Waals surface area contributed by atoms with E-state index in [2.05, 4.69) is 96.4 Å². The van der Waals surface area contributed by atoms with E-state index in [-0.39, 0.29) is 29.6 Å². The zero-order valence-corrected chi connectivity index (χ0v) is 24.1. The molecule has 5 heteroatoms. The number of hydrogen-bond acceptors (Lipinski definition) is 4. The van der Waals surface area contributed by atoms with Crippen molar-refractivity contribution in [2.45, 2.75) is 57.9 Å². The van der Waals surface area contributed by atoms with Crippen LogP contribution in [-0.2, 0) is 14.3 Å². The second-order valence-corrected chi connectivity index (χ2v) is 11.5. The van der Waals surface area contributed by atoms with Gasteiger partial charge in [0.15, 0.2) is 0 Å². The Hall–Kier alpha value is -3.44. The van der Waals surface area contributed by atoms with Crippen LogP contribution in [0.4, 0.5) is 0 Å². The van der Waals surface area contributed by atoms with E-state index in [4.69, 9.17) is 4.74 Å². The van der Waals surface area contributed by atoms with Crippen molar-refractivity contribution >= 4 is 11.9 Å². The van der Waals surface area contributed by atoms with Crippen LogP contribution in [0.25, 0.3) is 0 Å². The molecule has 1 amide bonds. The van der Waals surface area contributed by atoms with Crippen LogP contribution >= 0.6 is 0 Å². The van der Waals surface area contributed by atoms with Gasteiger partial charge in [0.1, 0.15) is 0 Å². The Labute approximate surface area is 239 Å². The van der Waals surface area contributed by atoms with Gasteiger partial charge in [-0.15, -0.1) is 0 Å². The van der Waals surface area contributed by atoms with E-state index >= 15 is 0 Å². The van der Waals surface area contributed by atoms with Gasteiger partial charge in [0.2, 0.25) is 5.91 Å². The lowest BCUT2D eigenvalue weighted by Crippen LogP contribution is -2.52. The van der Waals surface area contributed by atoms with Gasteiger partial charge in [-0.1, -0.05) is 90.0 Å². The fourth-order valence-corrected chi connectivity index (χ4v) is 6.53. The molecule has 3 aromatic rings. The standard InChI is InChI=1S/C35H42N2O3/c1-4-40-35(39)32-24-37(23-20-31(32)27-8-6-5-7-9-27)30-18-21-36(22-19-30)34(38)33(28-14-10-25(2)11-15-28)29-16-12-26(3)13-17-29/h5-17,30-33H,4,18-24H2,1-3H3. The number of carbonyl (C=O) groups is 2. The normalized spacial score (nSPS) is 20.4. The van der Waals surface area contributed by atoms with Crippen molar-refractivity contribution in [2.24, 2.45) is 5.92 Å². The summed E-state index contributed by atoms with van der Waals surface area (Å²) in [6.45, 7) is 9.58. The average molecular weight is 539 g/mol. The molecular weight excluding hydrogens is 496 g/mol. The predicted octanol–water partition coefficient (Wildman–Crippen LogP) is 6.10. The Balaban J connectivity index is 1.27. The third-order valence-electron chi connectivity index (χ3n) is 8.82. The maximum Gasteiger partial charge on any atom is 0.310 e. The van der Waals surface area contributed by atoms with Crippen molar-refractivity contribution in [3.63, 3.8) is 0 Å². The molecule has 3 aromatic carbocycles. The molecule has 0 aliphatic carbocycles. The fraction of sp³-hybridized carbons (Fsp3) is 0.429. The van der Waals surface area contributed by atoms with Crippen LogP contribution in [0.2, 0.25) is 0 Å². The zero-order chi connectivity index (χ0) is 28.1. The number of ether oxygens (including phenoxy) is 1. The van der Waals surface area contributed by atoms with Gasteiger partial charge in [-0.05, 0) is 69.2 Å². The number of esters is 1. The minimum Gasteiger partial charge on any atom is -0.466 e. The van der Waals surface area contributed by atoms with Crippen molar-refractivity contribution in [2.75, 3.05) is 32.8 Å². The van der Waals surface area contributed by atoms with Crippen LogP contribution < -0.4 is 0 Å². The Morgan fingerprint density at radius 2 is 1.38 bits per heavy atom. The van der Waals surface area contributed by atoms with E-state index in [1.165, 1.54) is 16.7 Å². The van der Waals surface area contributed by atoms with Crippen molar-refractivity contribution in [1.82, 2.24) is 9.80 Å². The number of piperidine rings is 2. The van der Waals surface area contributed by atoms with Crippen molar-refractivity contribution < 1.29 is 14.3 Å². The molecule has 5 rings (SSSR count). The number of amides is 1. The minimum absolute atomic E-state index is 0.0901. The van der Waals surface area contributed by atoms with Gasteiger partial charge in [0.25, 0.3) is 0 Å². The molecule has 0 radical (unpaired) electrons. The fourth-order valence-electron chi connectivity index (χ4n) is 6.53. The molecule has 210 valence electrons. The van der Waals surface area contributed by atoms with E-state index in [0.29, 0.717) is 19.2 Å². The molecule has 0 N–H and O–H groups in total. The lowest BCUT2D eigenvalue weighted by atomic mass is 9.79. The largest absolute Gasteiger partial charge is 0.466 e. The summed E-state index contributed by atoms with van der Waals surface area (Å²) in [5.41, 5.74) is 5.69. The van der Waals surface area contributed by atoms with Crippen molar-refractivity contribution in [1.29, 1.82) is 0 Å². The summed E-state index contributed by atoms with van der Waals surface area (Å²) in [6.07, 6.45) is 2.78. The first-order valence-corrected chi connectivity index (χ1v) is 14.8. The minimum atomic E-state index is -0.299. The topological polar surface area (TPSA) is 49.9 Å². The van der Waals surface area contributed by atoms with E-state index in [1.54, 1.807) is 0 Å². The quantitative estimate of drug-likeness (QED) is 0.342. The SMILES string of the molecule is CCOC(=O)C1CN(C2CCN(C(=O)C(c3ccc(C)cc3)c3ccc(C)cc3)CC2)CCC1c1ccccc1. The van der Waals surface area contributed by atoms with Gasteiger partial charge < -0.3 is 9.64 Å². The second kappa shape index (κ2) is 12.8. The molecule has 5 nitrogen and oxygen atoms in total. The van der Waals surface area contributed by atoms with Crippen LogP contribution in [0.15, 0.2) is 78.9 Å². The second-order valence-electron chi connectivity index (χ2n) is 11.5. The summed E-state index contributed by atoms with van der Waals surface area (Å²) >= 11 is 0. The predicted molar refractivity (Wildman–Crippen MR) is 159 cm³/mol. The molecule has 0 saturated carbocycles. The van der Waals surface area contributed by atoms with Crippen molar-refractivity contribution in [3.8, 4) is 0 Å². The summed E-state index contributed by atoms with van der Waals surface area (Å²) < 4.78 is 5.52. The molecular formula is C35H42N2O3. The third-order valence-corrected chi connectivity index (χ3v) is 8.82. The molecule has 0 spiro atoms. The number of benzene rings is 3. The van der Waals surface area contributed by atoms with Gasteiger partial charge in [-0.2, -0.15) is 0 Å². The van der Waals surface area contributed by atoms with Crippen LogP contribution in [-0.4, -0.2) is 60.5 Å². The number of hydrogen-bond donors (Lipinski definition) is 0. The first-order chi connectivity index (χ1) is 19.4. The first-order valence-electron chi connectivity index (χ1n) is 14.8. The molecule has 2 aliphatic rings. The van der Waals surface area contributed by atoms with E-state index < -0.39 is 0 Å². The molecule has 2 atom stereocenters. The van der Waals surface area contributed by atoms with Crippen LogP contribution in [0.1, 0.15) is 65.8 Å². The van der Waals surface area contributed by atoms with E-state index in [9.17, 15) is 9.59 Å². The highest BCUT2D eigenvalue weighted by atomic mass is 16.5. The summed E-state index contributed by atoms with van der Waals surface area (Å²) in [6, 6.07) is 27.5. The third kappa shape index (κ3) is 6.31. The Bertz CT molecular complexity index is 1220. The Morgan fingerprint density at radius 1 is 0.800 bits per heavy atom. The Morgan fingerprint density at radius 3 is 1.93 bits per heavy atom. The van der Waals surface area contributed by atoms with Gasteiger partial charge in [-0.25, -0.2) is 0 Å². The van der Waals surface area contributed by atoms with Gasteiger partial charge in [0, 0.05) is 25.7 Å². The van der Waals surface area contributed by atoms with E-state index in [0.717, 1.165) is 50.0 Å². The molecule has 2 unspecified atom stereocenters. The molecule has 0 aromatic heterocycles. The molecule has 2 heterocycles. The summed E-state index contributed by atoms with van der Waals surface area (Å²) in [4.78, 5) is 31.6. The van der Waals surface area contributed by atoms with Gasteiger partial charge in [-0.3, -0.25) is 14.5 Å². The van der Waals surface area contributed by atoms with Crippen molar-refractivity contribution in [3.05, 3.63) is 107 Å². The molecule has 40 heavy (non-hydrogen) atoms. The number of rotatable bonds is 7. The molecule has 2 aliphatic heterocycles. The van der Waals surface area contributed by atoms with Crippen LogP contribution in [0, 0.1) is 19.8 Å². The lowest BCUT2D eigenvalue weighted by molar-refractivity contribution is -0.151. The first kappa shape index (κ1) is 28.1. The maximum absolute atomic E-state index is 14.0. The molecule has 2 fully saturated rings. The number of carbonyl (C=O) groups excluding carboxylic acids is 2. The summed E-state index contributed by atoms with van der Waals surface area (Å²) in [7, 11) is 0. The van der Waals surface area contributed by atoms with Gasteiger partial charge >= 0.3 is 5.97 Å². The number of nitrogens with zero attached hydrogens (tertiary/aromatic N) is 2. The average Bonchev–Trinajstić information content (AvgIpc) is 2.99. The maximum atomic E-state index is 14.0. The highest BCUT2D eigenvalue weighted by Crippen LogP contribution is 2.36. The molecule has 2 saturated heterocycles. The highest BCUT2D eigenvalue weighted by Gasteiger charge is 2.40. The number of likely N-dealkylation sites (tertiary alicyclic amines) is 2. The number of aryl methyl sites for hydroxylation is 2. The monoisotopic (exact) mass is 538 g/mol. The highest BCUT2D eigenvalue weighted by molar-refractivity contribution is 5.87. The zero-order valence-electron chi connectivity index (χ0n) is 24.1. The summed E-state index contributed by atoms with van der Waals surface area (Å²) in [5.74, 6) is -0.190. The Kier molecular flexibility index (Phi) is 9.01. The van der Waals surface area contributed by atoms with Gasteiger partial charge in [0.05, 0.1) is 18.4 Å². The lowest BCUT2D eigenvalue weighted by Gasteiger charge is -2.44.